The summed E-state index contributed by atoms with van der Waals surface area (Å²) >= 11 is 0. The van der Waals surface area contributed by atoms with Crippen LogP contribution in [0.25, 0.3) is 0 Å². The smallest absolute Gasteiger partial charge is 0.268 e. The maximum absolute atomic E-state index is 11.5. The molecule has 0 spiro atoms. The monoisotopic (exact) mass is 309 g/mol. The Morgan fingerprint density at radius 1 is 1.20 bits per heavy atom. The van der Waals surface area contributed by atoms with Crippen LogP contribution in [0.1, 0.15) is 0 Å². The highest BCUT2D eigenvalue weighted by Crippen LogP contribution is 2.38. The summed E-state index contributed by atoms with van der Waals surface area (Å²) in [4.78, 5) is 11.5. The average Bonchev–Trinajstić information content (AvgIpc) is 2.31. The molecule has 0 N–H and O–H groups in total. The largest absolute Gasteiger partial charge is 0.756 e. The molecule has 0 saturated carbocycles. The molecule has 8 heteroatoms. The van der Waals surface area contributed by atoms with E-state index in [1.54, 1.807) is 0 Å². The van der Waals surface area contributed by atoms with Crippen LogP contribution in [0.15, 0.2) is 25.7 Å². The van der Waals surface area contributed by atoms with Gasteiger partial charge in [-0.3, -0.25) is 4.57 Å². The van der Waals surface area contributed by atoms with Crippen molar-refractivity contribution in [2.45, 2.75) is 6.10 Å². The fraction of sp³-hybridized carbons (Fsp3) is 0.667. The van der Waals surface area contributed by atoms with E-state index in [0.717, 1.165) is 0 Å². The molecule has 0 aromatic rings. The summed E-state index contributed by atoms with van der Waals surface area (Å²) in [5.41, 5.74) is 0. The molecule has 0 aliphatic carbocycles. The van der Waals surface area contributed by atoms with E-state index in [4.69, 9.17) is 18.5 Å². The van der Waals surface area contributed by atoms with E-state index >= 15 is 0 Å². The number of phosphoric acid groups is 1. The molecule has 0 heterocycles. The molecule has 2 atom stereocenters. The molecule has 0 fully saturated rings. The van der Waals surface area contributed by atoms with Crippen molar-refractivity contribution < 1.29 is 32.5 Å². The van der Waals surface area contributed by atoms with Crippen LogP contribution in [0.4, 0.5) is 0 Å². The molecular weight excluding hydrogens is 285 g/mol. The third-order valence-corrected chi connectivity index (χ3v) is 3.08. The summed E-state index contributed by atoms with van der Waals surface area (Å²) in [5.74, 6) is 0. The second-order valence-electron chi connectivity index (χ2n) is 5.01. The second-order valence-corrected chi connectivity index (χ2v) is 6.43. The van der Waals surface area contributed by atoms with Gasteiger partial charge in [-0.15, -0.1) is 0 Å². The number of ether oxygens (including phenoxy) is 2. The lowest BCUT2D eigenvalue weighted by molar-refractivity contribution is -0.870. The summed E-state index contributed by atoms with van der Waals surface area (Å²) in [7, 11) is 1.45. The third kappa shape index (κ3) is 11.0. The Bertz CT molecular complexity index is 341. The van der Waals surface area contributed by atoms with Crippen LogP contribution in [0.3, 0.4) is 0 Å². The van der Waals surface area contributed by atoms with Crippen molar-refractivity contribution in [2.75, 3.05) is 47.5 Å². The molecule has 0 aliphatic heterocycles. The molecule has 0 rings (SSSR count). The van der Waals surface area contributed by atoms with Crippen molar-refractivity contribution in [1.82, 2.24) is 0 Å². The summed E-state index contributed by atoms with van der Waals surface area (Å²) in [5, 5.41) is 0. The molecule has 0 aromatic heterocycles. The Morgan fingerprint density at radius 2 is 1.85 bits per heavy atom. The van der Waals surface area contributed by atoms with Crippen molar-refractivity contribution in [3.63, 3.8) is 0 Å². The summed E-state index contributed by atoms with van der Waals surface area (Å²) < 4.78 is 31.6. The Hall–Kier alpha value is -0.850. The Balaban J connectivity index is 4.12. The zero-order valence-corrected chi connectivity index (χ0v) is 13.2. The molecule has 20 heavy (non-hydrogen) atoms. The molecule has 1 unspecified atom stereocenters. The summed E-state index contributed by atoms with van der Waals surface area (Å²) in [6.07, 6.45) is 1.82. The minimum atomic E-state index is -4.34. The Labute approximate surface area is 120 Å². The molecule has 0 radical (unpaired) electrons. The standard InChI is InChI=1S/C12H24NO6P/c1-6-16-10-12(17-7-2)11-19-20(14,15)18-9-8-13(3,4)5/h6-7,12H,1-2,8-11H2,3-5H3/t12-/m1/s1. The van der Waals surface area contributed by atoms with Crippen LogP contribution >= 0.6 is 7.82 Å². The summed E-state index contributed by atoms with van der Waals surface area (Å²) in [6, 6.07) is 0. The van der Waals surface area contributed by atoms with E-state index in [2.05, 4.69) is 13.2 Å². The first-order valence-corrected chi connectivity index (χ1v) is 7.55. The SMILES string of the molecule is C=COC[C@H](COP(=O)([O-])OCC[N+](C)(C)C)OC=C. The molecule has 118 valence electrons. The van der Waals surface area contributed by atoms with E-state index in [-0.39, 0.29) is 19.8 Å². The van der Waals surface area contributed by atoms with Gasteiger partial charge < -0.3 is 27.9 Å². The maximum Gasteiger partial charge on any atom is 0.268 e. The molecule has 7 nitrogen and oxygen atoms in total. The lowest BCUT2D eigenvalue weighted by Gasteiger charge is -2.28. The minimum Gasteiger partial charge on any atom is -0.756 e. The van der Waals surface area contributed by atoms with Gasteiger partial charge in [0.1, 0.15) is 19.8 Å². The van der Waals surface area contributed by atoms with Crippen molar-refractivity contribution in [3.05, 3.63) is 25.7 Å². The van der Waals surface area contributed by atoms with Crippen molar-refractivity contribution in [2.24, 2.45) is 0 Å². The van der Waals surface area contributed by atoms with Gasteiger partial charge in [0.05, 0.1) is 40.3 Å². The lowest BCUT2D eigenvalue weighted by atomic mass is 10.4. The van der Waals surface area contributed by atoms with Gasteiger partial charge in [0.2, 0.25) is 0 Å². The van der Waals surface area contributed by atoms with Crippen LogP contribution in [0.5, 0.6) is 0 Å². The van der Waals surface area contributed by atoms with Crippen LogP contribution in [-0.4, -0.2) is 58.1 Å². The van der Waals surface area contributed by atoms with E-state index < -0.39 is 13.9 Å². The van der Waals surface area contributed by atoms with Crippen LogP contribution in [-0.2, 0) is 23.1 Å². The van der Waals surface area contributed by atoms with E-state index in [0.29, 0.717) is 11.0 Å². The molecule has 0 aliphatic rings. The molecule has 0 saturated heterocycles. The van der Waals surface area contributed by atoms with Crippen LogP contribution in [0.2, 0.25) is 0 Å². The fourth-order valence-corrected chi connectivity index (χ4v) is 1.80. The normalized spacial score (nSPS) is 16.0. The first-order chi connectivity index (χ1) is 9.20. The highest BCUT2D eigenvalue weighted by atomic mass is 31.2. The number of rotatable bonds is 12. The third-order valence-electron chi connectivity index (χ3n) is 2.12. The fourth-order valence-electron chi connectivity index (χ4n) is 1.08. The predicted molar refractivity (Wildman–Crippen MR) is 73.6 cm³/mol. The highest BCUT2D eigenvalue weighted by Gasteiger charge is 2.17. The summed E-state index contributed by atoms with van der Waals surface area (Å²) in [6.45, 7) is 7.26. The predicted octanol–water partition coefficient (Wildman–Crippen LogP) is 0.883. The number of nitrogens with zero attached hydrogens (tertiary/aromatic N) is 1. The maximum atomic E-state index is 11.5. The van der Waals surface area contributed by atoms with E-state index in [1.807, 2.05) is 21.1 Å². The zero-order valence-electron chi connectivity index (χ0n) is 12.3. The van der Waals surface area contributed by atoms with Gasteiger partial charge in [0.15, 0.2) is 6.10 Å². The van der Waals surface area contributed by atoms with Gasteiger partial charge in [-0.2, -0.15) is 0 Å². The molecule has 0 aromatic carbocycles. The van der Waals surface area contributed by atoms with Crippen LogP contribution < -0.4 is 4.89 Å². The van der Waals surface area contributed by atoms with Gasteiger partial charge in [0, 0.05) is 0 Å². The lowest BCUT2D eigenvalue weighted by Crippen LogP contribution is -2.37. The number of hydrogen-bond acceptors (Lipinski definition) is 6. The van der Waals surface area contributed by atoms with E-state index in [9.17, 15) is 9.46 Å². The quantitative estimate of drug-likeness (QED) is 0.303. The first kappa shape index (κ1) is 19.1. The molecule has 0 amide bonds. The Morgan fingerprint density at radius 3 is 2.35 bits per heavy atom. The van der Waals surface area contributed by atoms with Crippen molar-refractivity contribution in [3.8, 4) is 0 Å². The number of likely N-dealkylation sites (N-methyl/N-ethyl adjacent to an activating group) is 1. The number of hydrogen-bond donors (Lipinski definition) is 0. The van der Waals surface area contributed by atoms with E-state index in [1.165, 1.54) is 12.5 Å². The van der Waals surface area contributed by atoms with Gasteiger partial charge in [-0.1, -0.05) is 13.2 Å². The van der Waals surface area contributed by atoms with Crippen LogP contribution in [0, 0.1) is 0 Å². The highest BCUT2D eigenvalue weighted by molar-refractivity contribution is 7.45. The molecule has 0 bridgehead atoms. The number of quaternary nitrogens is 1. The average molecular weight is 309 g/mol. The van der Waals surface area contributed by atoms with Gasteiger partial charge in [0.25, 0.3) is 7.82 Å². The van der Waals surface area contributed by atoms with Gasteiger partial charge in [-0.05, 0) is 0 Å². The second kappa shape index (κ2) is 9.15. The van der Waals surface area contributed by atoms with Crippen molar-refractivity contribution in [1.29, 1.82) is 0 Å². The number of phosphoric ester groups is 1. The van der Waals surface area contributed by atoms with Gasteiger partial charge in [-0.25, -0.2) is 0 Å². The first-order valence-electron chi connectivity index (χ1n) is 6.09. The molecular formula is C12H24NO6P. The zero-order chi connectivity index (χ0) is 15.6. The van der Waals surface area contributed by atoms with Gasteiger partial charge >= 0.3 is 0 Å². The topological polar surface area (TPSA) is 77.1 Å². The van der Waals surface area contributed by atoms with Crippen molar-refractivity contribution >= 4 is 7.82 Å². The minimum absolute atomic E-state index is 0.0560. The Kier molecular flexibility index (Phi) is 8.76.